The van der Waals surface area contributed by atoms with Gasteiger partial charge in [-0.2, -0.15) is 0 Å². The number of rotatable bonds is 5. The first-order chi connectivity index (χ1) is 14.7. The molecule has 3 amide bonds. The van der Waals surface area contributed by atoms with Crippen LogP contribution in [0.5, 0.6) is 0 Å². The number of urea groups is 1. The molecule has 5 nitrogen and oxygen atoms in total. The molecule has 2 aliphatic heterocycles. The Morgan fingerprint density at radius 2 is 1.47 bits per heavy atom. The maximum Gasteiger partial charge on any atom is 0.319 e. The van der Waals surface area contributed by atoms with Crippen molar-refractivity contribution in [3.8, 4) is 0 Å². The summed E-state index contributed by atoms with van der Waals surface area (Å²) in [6.45, 7) is 3.18. The molecule has 1 N–H and O–H groups in total. The summed E-state index contributed by atoms with van der Waals surface area (Å²) in [6.07, 6.45) is 11.4. The maximum atomic E-state index is 13.1. The van der Waals surface area contributed by atoms with Crippen LogP contribution in [-0.2, 0) is 4.79 Å². The number of hydrogen-bond donors (Lipinski definition) is 1. The van der Waals surface area contributed by atoms with Gasteiger partial charge in [-0.15, -0.1) is 0 Å². The van der Waals surface area contributed by atoms with Crippen molar-refractivity contribution in [2.45, 2.75) is 70.3 Å². The first-order valence-corrected chi connectivity index (χ1v) is 12.1. The highest BCUT2D eigenvalue weighted by atomic mass is 16.2. The largest absolute Gasteiger partial charge is 0.349 e. The van der Waals surface area contributed by atoms with Crippen molar-refractivity contribution in [3.63, 3.8) is 0 Å². The van der Waals surface area contributed by atoms with Crippen molar-refractivity contribution in [2.24, 2.45) is 11.8 Å². The van der Waals surface area contributed by atoms with E-state index in [1.165, 1.54) is 37.7 Å². The van der Waals surface area contributed by atoms with Gasteiger partial charge in [0.25, 0.3) is 0 Å². The van der Waals surface area contributed by atoms with E-state index in [9.17, 15) is 9.59 Å². The van der Waals surface area contributed by atoms with Crippen molar-refractivity contribution in [2.75, 3.05) is 26.2 Å². The Balaban J connectivity index is 1.32. The zero-order chi connectivity index (χ0) is 20.8. The number of carbonyl (C=O) groups excluding carboxylic acids is 2. The summed E-state index contributed by atoms with van der Waals surface area (Å²) < 4.78 is 0. The van der Waals surface area contributed by atoms with E-state index in [0.717, 1.165) is 45.2 Å². The van der Waals surface area contributed by atoms with Crippen LogP contribution in [-0.4, -0.2) is 47.9 Å². The highest BCUT2D eigenvalue weighted by Crippen LogP contribution is 2.32. The SMILES string of the molecule is O=C(NC(CC1CCCCC1)c1ccccc1)C1CCN(C(=O)N2CCCC2)CC1. The fraction of sp³-hybridized carbons (Fsp3) is 0.680. The lowest BCUT2D eigenvalue weighted by Crippen LogP contribution is -2.48. The van der Waals surface area contributed by atoms with Crippen LogP contribution in [0.1, 0.15) is 75.8 Å². The number of carbonyl (C=O) groups is 2. The maximum absolute atomic E-state index is 13.1. The molecule has 0 radical (unpaired) electrons. The average molecular weight is 412 g/mol. The molecule has 0 bridgehead atoms. The van der Waals surface area contributed by atoms with Crippen molar-refractivity contribution in [1.82, 2.24) is 15.1 Å². The third kappa shape index (κ3) is 5.35. The Kier molecular flexibility index (Phi) is 7.29. The minimum absolute atomic E-state index is 0.0187. The van der Waals surface area contributed by atoms with Gasteiger partial charge in [0.05, 0.1) is 6.04 Å². The highest BCUT2D eigenvalue weighted by Gasteiger charge is 2.32. The highest BCUT2D eigenvalue weighted by molar-refractivity contribution is 5.80. The molecule has 3 aliphatic rings. The van der Waals surface area contributed by atoms with Crippen molar-refractivity contribution in [1.29, 1.82) is 0 Å². The van der Waals surface area contributed by atoms with Gasteiger partial charge in [-0.3, -0.25) is 4.79 Å². The molecule has 5 heteroatoms. The van der Waals surface area contributed by atoms with E-state index in [4.69, 9.17) is 0 Å². The lowest BCUT2D eigenvalue weighted by molar-refractivity contribution is -0.127. The van der Waals surface area contributed by atoms with Gasteiger partial charge in [-0.05, 0) is 43.6 Å². The van der Waals surface area contributed by atoms with Crippen LogP contribution in [0.3, 0.4) is 0 Å². The third-order valence-electron chi connectivity index (χ3n) is 7.33. The first-order valence-electron chi connectivity index (χ1n) is 12.1. The normalized spacial score (nSPS) is 22.1. The molecular weight excluding hydrogens is 374 g/mol. The standard InChI is InChI=1S/C25H37N3O2/c29-24(22-13-17-28(18-14-22)25(30)27-15-7-8-16-27)26-23(21-11-5-2-6-12-21)19-20-9-3-1-4-10-20/h2,5-6,11-12,20,22-23H,1,3-4,7-10,13-19H2,(H,26,29). The summed E-state index contributed by atoms with van der Waals surface area (Å²) in [7, 11) is 0. The predicted octanol–water partition coefficient (Wildman–Crippen LogP) is 4.74. The van der Waals surface area contributed by atoms with E-state index in [-0.39, 0.29) is 23.9 Å². The zero-order valence-electron chi connectivity index (χ0n) is 18.2. The van der Waals surface area contributed by atoms with Gasteiger partial charge >= 0.3 is 6.03 Å². The topological polar surface area (TPSA) is 52.7 Å². The number of nitrogens with one attached hydrogen (secondary N) is 1. The van der Waals surface area contributed by atoms with E-state index >= 15 is 0 Å². The minimum atomic E-state index is 0.0187. The fourth-order valence-corrected chi connectivity index (χ4v) is 5.45. The van der Waals surface area contributed by atoms with Crippen LogP contribution < -0.4 is 5.32 Å². The molecule has 2 heterocycles. The second-order valence-corrected chi connectivity index (χ2v) is 9.45. The number of amides is 3. The van der Waals surface area contributed by atoms with Gasteiger partial charge in [0.1, 0.15) is 0 Å². The first kappa shape index (κ1) is 21.2. The second kappa shape index (κ2) is 10.3. The summed E-state index contributed by atoms with van der Waals surface area (Å²) in [5.41, 5.74) is 1.22. The third-order valence-corrected chi connectivity index (χ3v) is 7.33. The molecule has 1 aliphatic carbocycles. The molecular formula is C25H37N3O2. The Bertz CT molecular complexity index is 688. The molecule has 1 saturated carbocycles. The van der Waals surface area contributed by atoms with E-state index in [1.54, 1.807) is 0 Å². The lowest BCUT2D eigenvalue weighted by atomic mass is 9.83. The molecule has 2 saturated heterocycles. The van der Waals surface area contributed by atoms with Crippen molar-refractivity contribution in [3.05, 3.63) is 35.9 Å². The van der Waals surface area contributed by atoms with Gasteiger partial charge < -0.3 is 15.1 Å². The fourth-order valence-electron chi connectivity index (χ4n) is 5.45. The summed E-state index contributed by atoms with van der Waals surface area (Å²) in [5, 5.41) is 3.40. The lowest BCUT2D eigenvalue weighted by Gasteiger charge is -2.35. The molecule has 1 unspecified atom stereocenters. The molecule has 164 valence electrons. The Hall–Kier alpha value is -2.04. The summed E-state index contributed by atoms with van der Waals surface area (Å²) in [5.74, 6) is 0.905. The van der Waals surface area contributed by atoms with Crippen LogP contribution >= 0.6 is 0 Å². The minimum Gasteiger partial charge on any atom is -0.349 e. The van der Waals surface area contributed by atoms with Gasteiger partial charge in [-0.1, -0.05) is 62.4 Å². The Labute approximate surface area is 181 Å². The number of hydrogen-bond acceptors (Lipinski definition) is 2. The molecule has 4 rings (SSSR count). The van der Waals surface area contributed by atoms with E-state index in [0.29, 0.717) is 19.0 Å². The van der Waals surface area contributed by atoms with Crippen molar-refractivity contribution < 1.29 is 9.59 Å². The molecule has 1 aromatic rings. The van der Waals surface area contributed by atoms with Crippen LogP contribution in [0.2, 0.25) is 0 Å². The molecule has 0 aromatic heterocycles. The Morgan fingerprint density at radius 3 is 2.13 bits per heavy atom. The van der Waals surface area contributed by atoms with Gasteiger partial charge in [0, 0.05) is 32.1 Å². The van der Waals surface area contributed by atoms with Crippen LogP contribution in [0.4, 0.5) is 4.79 Å². The van der Waals surface area contributed by atoms with E-state index < -0.39 is 0 Å². The number of likely N-dealkylation sites (tertiary alicyclic amines) is 2. The van der Waals surface area contributed by atoms with Crippen LogP contribution in [0.25, 0.3) is 0 Å². The van der Waals surface area contributed by atoms with Crippen LogP contribution in [0, 0.1) is 11.8 Å². The molecule has 3 fully saturated rings. The molecule has 1 aromatic carbocycles. The van der Waals surface area contributed by atoms with Gasteiger partial charge in [-0.25, -0.2) is 4.79 Å². The summed E-state index contributed by atoms with van der Waals surface area (Å²) >= 11 is 0. The van der Waals surface area contributed by atoms with E-state index in [1.807, 2.05) is 15.9 Å². The van der Waals surface area contributed by atoms with Gasteiger partial charge in [0.2, 0.25) is 5.91 Å². The molecule has 0 spiro atoms. The van der Waals surface area contributed by atoms with Crippen molar-refractivity contribution >= 4 is 11.9 Å². The average Bonchev–Trinajstić information content (AvgIpc) is 3.34. The molecule has 1 atom stereocenters. The van der Waals surface area contributed by atoms with Crippen LogP contribution in [0.15, 0.2) is 30.3 Å². The zero-order valence-corrected chi connectivity index (χ0v) is 18.2. The monoisotopic (exact) mass is 411 g/mol. The van der Waals surface area contributed by atoms with E-state index in [2.05, 4.69) is 29.6 Å². The summed E-state index contributed by atoms with van der Waals surface area (Å²) in [4.78, 5) is 29.7. The molecule has 30 heavy (non-hydrogen) atoms. The summed E-state index contributed by atoms with van der Waals surface area (Å²) in [6, 6.07) is 10.7. The number of nitrogens with zero attached hydrogens (tertiary/aromatic N) is 2. The number of piperidine rings is 1. The Morgan fingerprint density at radius 1 is 0.833 bits per heavy atom. The smallest absolute Gasteiger partial charge is 0.319 e. The second-order valence-electron chi connectivity index (χ2n) is 9.45. The number of benzene rings is 1. The quantitative estimate of drug-likeness (QED) is 0.761. The predicted molar refractivity (Wildman–Crippen MR) is 119 cm³/mol. The van der Waals surface area contributed by atoms with Gasteiger partial charge in [0.15, 0.2) is 0 Å².